The standard InChI is InChI=1S/C12H14O6S/c1-7(13)17-10-5-9(19(14,15)16)4-8-6-12(2,3)18-11(8)10/h4-5H,6H2,1-3H3,(H,14,15,16). The molecule has 1 aromatic rings. The van der Waals surface area contributed by atoms with Gasteiger partial charge in [0, 0.05) is 25.0 Å². The molecule has 6 nitrogen and oxygen atoms in total. The molecule has 0 aromatic heterocycles. The highest BCUT2D eigenvalue weighted by molar-refractivity contribution is 7.85. The maximum absolute atomic E-state index is 11.2. The Morgan fingerprint density at radius 1 is 1.42 bits per heavy atom. The largest absolute Gasteiger partial charge is 0.483 e. The van der Waals surface area contributed by atoms with E-state index in [4.69, 9.17) is 14.0 Å². The predicted molar refractivity (Wildman–Crippen MR) is 66.0 cm³/mol. The van der Waals surface area contributed by atoms with Crippen molar-refractivity contribution < 1.29 is 27.2 Å². The van der Waals surface area contributed by atoms with E-state index in [1.807, 2.05) is 13.8 Å². The maximum atomic E-state index is 11.2. The predicted octanol–water partition coefficient (Wildman–Crippen LogP) is 1.57. The zero-order valence-electron chi connectivity index (χ0n) is 10.8. The number of esters is 1. The average Bonchev–Trinajstić information content (AvgIpc) is 2.50. The van der Waals surface area contributed by atoms with E-state index in [2.05, 4.69) is 0 Å². The van der Waals surface area contributed by atoms with Crippen LogP contribution in [-0.4, -0.2) is 24.5 Å². The summed E-state index contributed by atoms with van der Waals surface area (Å²) in [6, 6.07) is 2.41. The number of fused-ring (bicyclic) bond motifs is 1. The summed E-state index contributed by atoms with van der Waals surface area (Å²) in [4.78, 5) is 10.7. The lowest BCUT2D eigenvalue weighted by molar-refractivity contribution is -0.132. The smallest absolute Gasteiger partial charge is 0.308 e. The van der Waals surface area contributed by atoms with Crippen LogP contribution >= 0.6 is 0 Å². The molecule has 0 radical (unpaired) electrons. The van der Waals surface area contributed by atoms with Gasteiger partial charge < -0.3 is 9.47 Å². The van der Waals surface area contributed by atoms with Crippen molar-refractivity contribution in [3.05, 3.63) is 17.7 Å². The molecule has 0 unspecified atom stereocenters. The lowest BCUT2D eigenvalue weighted by atomic mass is 10.0. The molecule has 0 saturated carbocycles. The van der Waals surface area contributed by atoms with Crippen molar-refractivity contribution >= 4 is 16.1 Å². The zero-order valence-corrected chi connectivity index (χ0v) is 11.6. The number of carbonyl (C=O) groups excluding carboxylic acids is 1. The first-order valence-corrected chi connectivity index (χ1v) is 7.04. The Balaban J connectivity index is 2.60. The summed E-state index contributed by atoms with van der Waals surface area (Å²) in [5.74, 6) is -0.251. The van der Waals surface area contributed by atoms with Gasteiger partial charge in [0.15, 0.2) is 11.5 Å². The Morgan fingerprint density at radius 3 is 2.58 bits per heavy atom. The summed E-state index contributed by atoms with van der Waals surface area (Å²) >= 11 is 0. The van der Waals surface area contributed by atoms with E-state index in [-0.39, 0.29) is 10.6 Å². The first kappa shape index (κ1) is 13.8. The van der Waals surface area contributed by atoms with E-state index in [0.717, 1.165) is 6.07 Å². The zero-order chi connectivity index (χ0) is 14.4. The molecule has 0 amide bonds. The van der Waals surface area contributed by atoms with E-state index in [1.165, 1.54) is 13.0 Å². The van der Waals surface area contributed by atoms with Crippen LogP contribution in [-0.2, 0) is 21.3 Å². The number of ether oxygens (including phenoxy) is 2. The monoisotopic (exact) mass is 286 g/mol. The SMILES string of the molecule is CC(=O)Oc1cc(S(=O)(=O)O)cc2c1OC(C)(C)C2. The van der Waals surface area contributed by atoms with Crippen LogP contribution in [0.3, 0.4) is 0 Å². The second-order valence-corrected chi connectivity index (χ2v) is 6.44. The molecular weight excluding hydrogens is 272 g/mol. The Morgan fingerprint density at radius 2 is 2.05 bits per heavy atom. The Labute approximate surface area is 111 Å². The molecule has 7 heteroatoms. The maximum Gasteiger partial charge on any atom is 0.308 e. The Kier molecular flexibility index (Phi) is 3.06. The minimum atomic E-state index is -4.37. The first-order chi connectivity index (χ1) is 8.58. The molecule has 104 valence electrons. The van der Waals surface area contributed by atoms with Gasteiger partial charge >= 0.3 is 5.97 Å². The minimum absolute atomic E-state index is 0.00296. The van der Waals surface area contributed by atoms with Gasteiger partial charge in [-0.15, -0.1) is 0 Å². The summed E-state index contributed by atoms with van der Waals surface area (Å²) < 4.78 is 42.1. The van der Waals surface area contributed by atoms with Crippen LogP contribution in [0, 0.1) is 0 Å². The molecule has 0 fully saturated rings. The first-order valence-electron chi connectivity index (χ1n) is 5.60. The summed E-state index contributed by atoms with van der Waals surface area (Å²) in [6.07, 6.45) is 0.458. The molecule has 0 saturated heterocycles. The van der Waals surface area contributed by atoms with Crippen molar-refractivity contribution in [2.75, 3.05) is 0 Å². The van der Waals surface area contributed by atoms with Crippen LogP contribution in [0.4, 0.5) is 0 Å². The number of hydrogen-bond donors (Lipinski definition) is 1. The quantitative estimate of drug-likeness (QED) is 0.504. The lowest BCUT2D eigenvalue weighted by Gasteiger charge is -2.17. The molecule has 1 heterocycles. The van der Waals surface area contributed by atoms with Crippen LogP contribution in [0.5, 0.6) is 11.5 Å². The van der Waals surface area contributed by atoms with Crippen molar-refractivity contribution in [3.63, 3.8) is 0 Å². The Hall–Kier alpha value is -1.60. The van der Waals surface area contributed by atoms with Gasteiger partial charge in [-0.05, 0) is 19.9 Å². The number of rotatable bonds is 2. The van der Waals surface area contributed by atoms with Gasteiger partial charge in [-0.3, -0.25) is 9.35 Å². The van der Waals surface area contributed by atoms with Gasteiger partial charge in [0.1, 0.15) is 5.60 Å². The Bertz CT molecular complexity index is 644. The molecule has 1 aliphatic rings. The summed E-state index contributed by atoms with van der Waals surface area (Å²) in [5.41, 5.74) is 0.0612. The molecule has 1 N–H and O–H groups in total. The van der Waals surface area contributed by atoms with Crippen LogP contribution in [0.15, 0.2) is 17.0 Å². The van der Waals surface area contributed by atoms with Gasteiger partial charge in [0.05, 0.1) is 4.90 Å². The van der Waals surface area contributed by atoms with Crippen molar-refractivity contribution in [3.8, 4) is 11.5 Å². The molecule has 0 bridgehead atoms. The molecule has 2 rings (SSSR count). The van der Waals surface area contributed by atoms with Crippen LogP contribution < -0.4 is 9.47 Å². The van der Waals surface area contributed by atoms with E-state index in [1.54, 1.807) is 0 Å². The van der Waals surface area contributed by atoms with Gasteiger partial charge in [0.2, 0.25) is 0 Å². The fraction of sp³-hybridized carbons (Fsp3) is 0.417. The molecule has 0 atom stereocenters. The molecule has 1 aromatic carbocycles. The molecular formula is C12H14O6S. The highest BCUT2D eigenvalue weighted by Gasteiger charge is 2.34. The third kappa shape index (κ3) is 2.87. The number of carbonyl (C=O) groups is 1. The summed E-state index contributed by atoms with van der Waals surface area (Å²) in [7, 11) is -4.37. The van der Waals surface area contributed by atoms with Crippen LogP contribution in [0.2, 0.25) is 0 Å². The molecule has 19 heavy (non-hydrogen) atoms. The van der Waals surface area contributed by atoms with E-state index >= 15 is 0 Å². The lowest BCUT2D eigenvalue weighted by Crippen LogP contribution is -2.24. The molecule has 1 aliphatic heterocycles. The summed E-state index contributed by atoms with van der Waals surface area (Å²) in [6.45, 7) is 4.86. The van der Waals surface area contributed by atoms with Crippen LogP contribution in [0.25, 0.3) is 0 Å². The normalized spacial score (nSPS) is 16.6. The third-order valence-corrected chi connectivity index (χ3v) is 3.48. The van der Waals surface area contributed by atoms with Crippen molar-refractivity contribution in [2.45, 2.75) is 37.7 Å². The van der Waals surface area contributed by atoms with Gasteiger partial charge in [-0.25, -0.2) is 0 Å². The van der Waals surface area contributed by atoms with E-state index in [0.29, 0.717) is 17.7 Å². The fourth-order valence-corrected chi connectivity index (χ4v) is 2.58. The van der Waals surface area contributed by atoms with Crippen LogP contribution in [0.1, 0.15) is 26.3 Å². The fourth-order valence-electron chi connectivity index (χ4n) is 2.03. The average molecular weight is 286 g/mol. The van der Waals surface area contributed by atoms with Crippen molar-refractivity contribution in [1.82, 2.24) is 0 Å². The number of benzene rings is 1. The second-order valence-electron chi connectivity index (χ2n) is 5.02. The van der Waals surface area contributed by atoms with E-state index in [9.17, 15) is 13.2 Å². The number of hydrogen-bond acceptors (Lipinski definition) is 5. The van der Waals surface area contributed by atoms with Gasteiger partial charge in [-0.2, -0.15) is 8.42 Å². The molecule has 0 aliphatic carbocycles. The van der Waals surface area contributed by atoms with Gasteiger partial charge in [-0.1, -0.05) is 0 Å². The van der Waals surface area contributed by atoms with E-state index < -0.39 is 21.7 Å². The highest BCUT2D eigenvalue weighted by atomic mass is 32.2. The second kappa shape index (κ2) is 4.21. The topological polar surface area (TPSA) is 89.9 Å². The van der Waals surface area contributed by atoms with Crippen molar-refractivity contribution in [2.24, 2.45) is 0 Å². The third-order valence-electron chi connectivity index (χ3n) is 2.65. The highest BCUT2D eigenvalue weighted by Crippen LogP contribution is 2.43. The van der Waals surface area contributed by atoms with Gasteiger partial charge in [0.25, 0.3) is 10.1 Å². The molecule has 0 spiro atoms. The summed E-state index contributed by atoms with van der Waals surface area (Å²) in [5, 5.41) is 0. The minimum Gasteiger partial charge on any atom is -0.483 e. The van der Waals surface area contributed by atoms with Crippen molar-refractivity contribution in [1.29, 1.82) is 0 Å².